The average molecular weight is 385 g/mol. The third-order valence-electron chi connectivity index (χ3n) is 3.37. The van der Waals surface area contributed by atoms with Crippen molar-refractivity contribution in [1.82, 2.24) is 9.97 Å². The number of aromatic nitrogens is 2. The number of hydrogen-bond donors (Lipinski definition) is 1. The van der Waals surface area contributed by atoms with Crippen LogP contribution in [0.25, 0.3) is 22.0 Å². The molecule has 1 N–H and O–H groups in total. The molecule has 0 atom stereocenters. The summed E-state index contributed by atoms with van der Waals surface area (Å²) in [6.45, 7) is 1.52. The van der Waals surface area contributed by atoms with Gasteiger partial charge in [-0.1, -0.05) is 0 Å². The number of rotatable bonds is 3. The van der Waals surface area contributed by atoms with Gasteiger partial charge in [-0.25, -0.2) is 0 Å². The predicted molar refractivity (Wildman–Crippen MR) is 82.3 cm³/mol. The van der Waals surface area contributed by atoms with Crippen molar-refractivity contribution < 1.29 is 9.59 Å². The van der Waals surface area contributed by atoms with Gasteiger partial charge in [-0.3, -0.25) is 0 Å². The molecule has 2 radical (unpaired) electrons. The van der Waals surface area contributed by atoms with E-state index in [-0.39, 0.29) is 5.78 Å². The minimum atomic E-state index is -0.0496. The maximum atomic E-state index is 11.9. The van der Waals surface area contributed by atoms with Crippen LogP contribution in [0.1, 0.15) is 27.8 Å². The van der Waals surface area contributed by atoms with Crippen LogP contribution in [0.4, 0.5) is 0 Å². The summed E-state index contributed by atoms with van der Waals surface area (Å²) in [4.78, 5) is 30.5. The number of hydrogen-bond acceptors (Lipinski definition) is 3. The Bertz CT molecular complexity index is 868. The molecule has 4 nitrogen and oxygen atoms in total. The van der Waals surface area contributed by atoms with E-state index in [2.05, 4.69) is 9.97 Å². The van der Waals surface area contributed by atoms with Crippen LogP contribution in [-0.4, -0.2) is 45.1 Å². The van der Waals surface area contributed by atoms with Gasteiger partial charge in [-0.15, -0.1) is 0 Å². The van der Waals surface area contributed by atoms with E-state index in [0.717, 1.165) is 26.4 Å². The monoisotopic (exact) mass is 384 g/mol. The van der Waals surface area contributed by atoms with Crippen LogP contribution in [0.3, 0.4) is 0 Å². The van der Waals surface area contributed by atoms with Crippen LogP contribution >= 0.6 is 0 Å². The van der Waals surface area contributed by atoms with Crippen LogP contribution in [0.15, 0.2) is 36.5 Å². The van der Waals surface area contributed by atoms with Gasteiger partial charge >= 0.3 is 135 Å². The first-order chi connectivity index (χ1) is 10.1. The van der Waals surface area contributed by atoms with Crippen molar-refractivity contribution in [3.63, 3.8) is 0 Å². The van der Waals surface area contributed by atoms with Crippen molar-refractivity contribution in [2.45, 2.75) is 6.92 Å². The second-order valence-electron chi connectivity index (χ2n) is 4.72. The van der Waals surface area contributed by atoms with Crippen molar-refractivity contribution in [1.29, 1.82) is 0 Å². The molecule has 0 bridgehead atoms. The molecule has 0 aliphatic carbocycles. The Kier molecular flexibility index (Phi) is 3.64. The summed E-state index contributed by atoms with van der Waals surface area (Å²) in [5, 5.41) is 1.02. The fourth-order valence-electron chi connectivity index (χ4n) is 2.46. The zero-order valence-corrected chi connectivity index (χ0v) is 13.8. The molecule has 0 saturated heterocycles. The quantitative estimate of drug-likeness (QED) is 0.427. The first kappa shape index (κ1) is 14.0. The van der Waals surface area contributed by atoms with Gasteiger partial charge in [0.1, 0.15) is 0 Å². The molecule has 0 saturated carbocycles. The Hall–Kier alpha value is -1.93. The van der Waals surface area contributed by atoms with E-state index < -0.39 is 0 Å². The number of pyridine rings is 1. The third-order valence-corrected chi connectivity index (χ3v) is 4.33. The van der Waals surface area contributed by atoms with Crippen molar-refractivity contribution in [3.05, 3.63) is 47.8 Å². The first-order valence-corrected chi connectivity index (χ1v) is 7.65. The maximum absolute atomic E-state index is 11.9. The molecule has 0 unspecified atom stereocenters. The van der Waals surface area contributed by atoms with E-state index in [4.69, 9.17) is 0 Å². The number of carbonyl (C=O) groups is 2. The number of nitrogens with zero attached hydrogens (tertiary/aromatic N) is 1. The molecule has 0 fully saturated rings. The Morgan fingerprint density at radius 1 is 1.33 bits per heavy atom. The normalized spacial score (nSPS) is 10.8. The van der Waals surface area contributed by atoms with Crippen molar-refractivity contribution in [3.8, 4) is 11.1 Å². The van der Waals surface area contributed by atoms with E-state index in [0.29, 0.717) is 16.8 Å². The molecule has 102 valence electrons. The molecule has 2 aromatic heterocycles. The number of aldehydes is 1. The van der Waals surface area contributed by atoms with Crippen LogP contribution in [0.2, 0.25) is 0 Å². The molecule has 3 rings (SSSR count). The summed E-state index contributed by atoms with van der Waals surface area (Å²) >= 11 is 1.40. The summed E-state index contributed by atoms with van der Waals surface area (Å²) < 4.78 is 0.759. The van der Waals surface area contributed by atoms with Gasteiger partial charge in [-0.05, 0) is 0 Å². The van der Waals surface area contributed by atoms with E-state index >= 15 is 0 Å². The number of aromatic amines is 1. The van der Waals surface area contributed by atoms with E-state index in [1.807, 2.05) is 30.3 Å². The number of nitrogens with one attached hydrogen (secondary N) is 1. The minimum absolute atomic E-state index is 0.0496. The molecule has 0 spiro atoms. The fourth-order valence-corrected chi connectivity index (χ4v) is 3.57. The molecular formula is C16H11N2O2Sb. The second kappa shape index (κ2) is 5.45. The molecule has 0 amide bonds. The molecule has 2 heterocycles. The summed E-state index contributed by atoms with van der Waals surface area (Å²) in [6.07, 6.45) is 2.48. The van der Waals surface area contributed by atoms with E-state index in [1.165, 1.54) is 29.9 Å². The van der Waals surface area contributed by atoms with Crippen molar-refractivity contribution >= 4 is 49.6 Å². The molecule has 0 aliphatic heterocycles. The Labute approximate surface area is 135 Å². The fraction of sp³-hybridized carbons (Fsp3) is 0.0625. The average Bonchev–Trinajstić information content (AvgIpc) is 2.83. The Morgan fingerprint density at radius 2 is 2.14 bits per heavy atom. The summed E-state index contributed by atoms with van der Waals surface area (Å²) in [5.74, 6) is -0.0496. The van der Waals surface area contributed by atoms with Crippen LogP contribution in [0, 0.1) is 0 Å². The van der Waals surface area contributed by atoms with Gasteiger partial charge in [0.15, 0.2) is 0 Å². The Morgan fingerprint density at radius 3 is 2.86 bits per heavy atom. The van der Waals surface area contributed by atoms with Crippen LogP contribution in [-0.2, 0) is 0 Å². The van der Waals surface area contributed by atoms with E-state index in [9.17, 15) is 9.59 Å². The van der Waals surface area contributed by atoms with Gasteiger partial charge in [0.2, 0.25) is 0 Å². The number of H-pyrrole nitrogens is 1. The van der Waals surface area contributed by atoms with Crippen LogP contribution < -0.4 is 3.64 Å². The summed E-state index contributed by atoms with van der Waals surface area (Å²) in [6, 6.07) is 9.62. The van der Waals surface area contributed by atoms with Gasteiger partial charge in [0.05, 0.1) is 0 Å². The number of Topliss-reactive ketones (excluding diaryl/α,β-unsaturated/α-hetero) is 1. The predicted octanol–water partition coefficient (Wildman–Crippen LogP) is 2.04. The molecule has 0 aliphatic rings. The number of ketones is 1. The second-order valence-corrected chi connectivity index (χ2v) is 6.00. The van der Waals surface area contributed by atoms with E-state index in [1.54, 1.807) is 6.20 Å². The first-order valence-electron chi connectivity index (χ1n) is 6.38. The topological polar surface area (TPSA) is 62.8 Å². The van der Waals surface area contributed by atoms with Gasteiger partial charge in [0.25, 0.3) is 0 Å². The summed E-state index contributed by atoms with van der Waals surface area (Å²) in [7, 11) is 0. The van der Waals surface area contributed by atoms with Gasteiger partial charge < -0.3 is 0 Å². The SMILES string of the molecule is CC(=O)c1[c]([Sb])[nH]c(C=O)c1-c1ccc2cccnc2c1. The number of benzene rings is 1. The Balaban J connectivity index is 2.31. The standard InChI is InChI=1S/C16H11N2O2.Sb/c1-10(20)13-8-18-15(9-19)16(13)12-5-4-11-3-2-6-17-14(11)7-12;/h2-7,9,18H,1H3;. The molecule has 3 aromatic rings. The van der Waals surface area contributed by atoms with Gasteiger partial charge in [0, 0.05) is 0 Å². The molecule has 21 heavy (non-hydrogen) atoms. The third kappa shape index (κ3) is 2.40. The number of fused-ring (bicyclic) bond motifs is 1. The summed E-state index contributed by atoms with van der Waals surface area (Å²) in [5.41, 5.74) is 3.35. The van der Waals surface area contributed by atoms with Crippen molar-refractivity contribution in [2.75, 3.05) is 0 Å². The molecular weight excluding hydrogens is 374 g/mol. The van der Waals surface area contributed by atoms with Crippen molar-refractivity contribution in [2.24, 2.45) is 0 Å². The zero-order chi connectivity index (χ0) is 15.0. The molecule has 1 aromatic carbocycles. The van der Waals surface area contributed by atoms with Crippen LogP contribution in [0.5, 0.6) is 0 Å². The number of carbonyl (C=O) groups excluding carboxylic acids is 2. The van der Waals surface area contributed by atoms with Gasteiger partial charge in [-0.2, -0.15) is 0 Å². The zero-order valence-electron chi connectivity index (χ0n) is 11.3. The molecule has 5 heteroatoms.